The first-order valence-electron chi connectivity index (χ1n) is 5.91. The van der Waals surface area contributed by atoms with Crippen molar-refractivity contribution in [3.05, 3.63) is 30.4 Å². The lowest BCUT2D eigenvalue weighted by Crippen LogP contribution is -2.02. The van der Waals surface area contributed by atoms with Gasteiger partial charge in [0.25, 0.3) is 0 Å². The van der Waals surface area contributed by atoms with Crippen LogP contribution >= 0.6 is 0 Å². The Morgan fingerprint density at radius 1 is 1.56 bits per heavy atom. The van der Waals surface area contributed by atoms with E-state index in [1.54, 1.807) is 16.9 Å². The molecule has 0 saturated carbocycles. The van der Waals surface area contributed by atoms with Crippen LogP contribution in [0.1, 0.15) is 30.6 Å². The van der Waals surface area contributed by atoms with Gasteiger partial charge in [-0.3, -0.25) is 4.68 Å². The molecule has 18 heavy (non-hydrogen) atoms. The maximum absolute atomic E-state index is 11.2. The summed E-state index contributed by atoms with van der Waals surface area (Å²) < 4.78 is 6.66. The molecule has 0 saturated heterocycles. The van der Waals surface area contributed by atoms with E-state index in [0.29, 0.717) is 17.2 Å². The topological polar surface area (TPSA) is 68.3 Å². The van der Waals surface area contributed by atoms with Crippen LogP contribution in [0.3, 0.4) is 0 Å². The summed E-state index contributed by atoms with van der Waals surface area (Å²) in [6, 6.07) is 1.71. The van der Waals surface area contributed by atoms with Crippen molar-refractivity contribution in [1.82, 2.24) is 9.78 Å². The number of nitrogens with zero attached hydrogens (tertiary/aromatic N) is 2. The number of furan rings is 1. The quantitative estimate of drug-likeness (QED) is 0.883. The standard InChI is InChI=1S/C13H16N2O3/c1-9(2)3-5-15-7-11(13(16)17)12(14-15)10-4-6-18-8-10/h4,6-9H,3,5H2,1-2H3,(H,16,17). The fourth-order valence-corrected chi connectivity index (χ4v) is 1.70. The predicted molar refractivity (Wildman–Crippen MR) is 66.3 cm³/mol. The molecule has 1 N–H and O–H groups in total. The molecular formula is C13H16N2O3. The summed E-state index contributed by atoms with van der Waals surface area (Å²) in [5.41, 5.74) is 1.36. The SMILES string of the molecule is CC(C)CCn1cc(C(=O)O)c(-c2ccoc2)n1. The molecule has 5 nitrogen and oxygen atoms in total. The van der Waals surface area contributed by atoms with Gasteiger partial charge in [0.1, 0.15) is 11.3 Å². The highest BCUT2D eigenvalue weighted by Gasteiger charge is 2.17. The van der Waals surface area contributed by atoms with Gasteiger partial charge in [-0.2, -0.15) is 5.10 Å². The van der Waals surface area contributed by atoms with Crippen molar-refractivity contribution in [2.45, 2.75) is 26.8 Å². The Balaban J connectivity index is 2.30. The molecule has 5 heteroatoms. The maximum atomic E-state index is 11.2. The first-order chi connectivity index (χ1) is 8.58. The van der Waals surface area contributed by atoms with Crippen LogP contribution in [0, 0.1) is 5.92 Å². The smallest absolute Gasteiger partial charge is 0.339 e. The number of carboxylic acid groups (broad SMARTS) is 1. The second kappa shape index (κ2) is 5.08. The normalized spacial score (nSPS) is 11.1. The zero-order valence-electron chi connectivity index (χ0n) is 10.5. The molecule has 0 atom stereocenters. The van der Waals surface area contributed by atoms with Crippen molar-refractivity contribution >= 4 is 5.97 Å². The van der Waals surface area contributed by atoms with Gasteiger partial charge in [0.15, 0.2) is 0 Å². The van der Waals surface area contributed by atoms with Crippen LogP contribution in [0.2, 0.25) is 0 Å². The van der Waals surface area contributed by atoms with E-state index < -0.39 is 5.97 Å². The summed E-state index contributed by atoms with van der Waals surface area (Å²) in [5, 5.41) is 13.5. The number of aromatic nitrogens is 2. The second-order valence-electron chi connectivity index (χ2n) is 4.65. The van der Waals surface area contributed by atoms with Gasteiger partial charge >= 0.3 is 5.97 Å². The minimum absolute atomic E-state index is 0.208. The summed E-state index contributed by atoms with van der Waals surface area (Å²) in [6.07, 6.45) is 5.55. The van der Waals surface area contributed by atoms with Crippen LogP contribution < -0.4 is 0 Å². The van der Waals surface area contributed by atoms with E-state index in [0.717, 1.165) is 13.0 Å². The molecule has 0 spiro atoms. The summed E-state index contributed by atoms with van der Waals surface area (Å²) in [7, 11) is 0. The average molecular weight is 248 g/mol. The molecule has 0 aromatic carbocycles. The van der Waals surface area contributed by atoms with E-state index in [1.807, 2.05) is 0 Å². The first kappa shape index (κ1) is 12.4. The number of rotatable bonds is 5. The average Bonchev–Trinajstić information content (AvgIpc) is 2.95. The third-order valence-corrected chi connectivity index (χ3v) is 2.72. The van der Waals surface area contributed by atoms with E-state index in [1.165, 1.54) is 12.5 Å². The molecule has 0 aliphatic carbocycles. The zero-order chi connectivity index (χ0) is 13.1. The highest BCUT2D eigenvalue weighted by atomic mass is 16.4. The Kier molecular flexibility index (Phi) is 3.50. The molecule has 0 bridgehead atoms. The van der Waals surface area contributed by atoms with Crippen LogP contribution in [-0.4, -0.2) is 20.9 Å². The number of carbonyl (C=O) groups is 1. The summed E-state index contributed by atoms with van der Waals surface area (Å²) in [4.78, 5) is 11.2. The van der Waals surface area contributed by atoms with Gasteiger partial charge in [0.05, 0.1) is 12.5 Å². The molecule has 0 radical (unpaired) electrons. The van der Waals surface area contributed by atoms with Gasteiger partial charge in [0.2, 0.25) is 0 Å². The Morgan fingerprint density at radius 3 is 2.89 bits per heavy atom. The molecule has 0 aliphatic rings. The van der Waals surface area contributed by atoms with Crippen LogP contribution in [0.25, 0.3) is 11.3 Å². The maximum Gasteiger partial charge on any atom is 0.339 e. The number of carboxylic acids is 1. The molecule has 2 heterocycles. The molecule has 0 unspecified atom stereocenters. The van der Waals surface area contributed by atoms with Crippen molar-refractivity contribution in [3.8, 4) is 11.3 Å². The van der Waals surface area contributed by atoms with E-state index in [-0.39, 0.29) is 5.56 Å². The van der Waals surface area contributed by atoms with E-state index in [2.05, 4.69) is 18.9 Å². The highest BCUT2D eigenvalue weighted by molar-refractivity contribution is 5.94. The third kappa shape index (κ3) is 2.61. The zero-order valence-corrected chi connectivity index (χ0v) is 10.5. The van der Waals surface area contributed by atoms with E-state index in [4.69, 9.17) is 4.42 Å². The Labute approximate surface area is 105 Å². The molecule has 2 rings (SSSR count). The summed E-state index contributed by atoms with van der Waals surface area (Å²) in [5.74, 6) is -0.415. The fourth-order valence-electron chi connectivity index (χ4n) is 1.70. The Hall–Kier alpha value is -2.04. The van der Waals surface area contributed by atoms with Gasteiger partial charge in [0, 0.05) is 18.3 Å². The first-order valence-corrected chi connectivity index (χ1v) is 5.91. The van der Waals surface area contributed by atoms with Crippen molar-refractivity contribution in [2.24, 2.45) is 5.92 Å². The van der Waals surface area contributed by atoms with E-state index in [9.17, 15) is 9.90 Å². The lowest BCUT2D eigenvalue weighted by Gasteiger charge is -2.03. The predicted octanol–water partition coefficient (Wildman–Crippen LogP) is 2.89. The van der Waals surface area contributed by atoms with Crippen molar-refractivity contribution in [3.63, 3.8) is 0 Å². The number of hydrogen-bond donors (Lipinski definition) is 1. The Morgan fingerprint density at radius 2 is 2.33 bits per heavy atom. The molecule has 0 fully saturated rings. The van der Waals surface area contributed by atoms with Crippen molar-refractivity contribution < 1.29 is 14.3 Å². The van der Waals surface area contributed by atoms with Crippen molar-refractivity contribution in [2.75, 3.05) is 0 Å². The fraction of sp³-hybridized carbons (Fsp3) is 0.385. The van der Waals surface area contributed by atoms with Crippen molar-refractivity contribution in [1.29, 1.82) is 0 Å². The van der Waals surface area contributed by atoms with Crippen LogP contribution in [0.5, 0.6) is 0 Å². The molecule has 96 valence electrons. The van der Waals surface area contributed by atoms with E-state index >= 15 is 0 Å². The van der Waals surface area contributed by atoms with Gasteiger partial charge < -0.3 is 9.52 Å². The van der Waals surface area contributed by atoms with Gasteiger partial charge in [-0.15, -0.1) is 0 Å². The molecule has 2 aromatic heterocycles. The molecule has 0 amide bonds. The highest BCUT2D eigenvalue weighted by Crippen LogP contribution is 2.22. The second-order valence-corrected chi connectivity index (χ2v) is 4.65. The van der Waals surface area contributed by atoms with Gasteiger partial charge in [-0.25, -0.2) is 4.79 Å². The van der Waals surface area contributed by atoms with Crippen LogP contribution in [0.4, 0.5) is 0 Å². The minimum Gasteiger partial charge on any atom is -0.478 e. The summed E-state index contributed by atoms with van der Waals surface area (Å²) >= 11 is 0. The molecular weight excluding hydrogens is 232 g/mol. The lowest BCUT2D eigenvalue weighted by atomic mass is 10.1. The molecule has 0 aliphatic heterocycles. The van der Waals surface area contributed by atoms with Crippen LogP contribution in [-0.2, 0) is 6.54 Å². The number of hydrogen-bond acceptors (Lipinski definition) is 3. The summed E-state index contributed by atoms with van der Waals surface area (Å²) in [6.45, 7) is 4.97. The number of aromatic carboxylic acids is 1. The van der Waals surface area contributed by atoms with Gasteiger partial charge in [-0.1, -0.05) is 13.8 Å². The monoisotopic (exact) mass is 248 g/mol. The van der Waals surface area contributed by atoms with Crippen LogP contribution in [0.15, 0.2) is 29.2 Å². The van der Waals surface area contributed by atoms with Gasteiger partial charge in [-0.05, 0) is 18.4 Å². The third-order valence-electron chi connectivity index (χ3n) is 2.72. The lowest BCUT2D eigenvalue weighted by molar-refractivity contribution is 0.0697. The minimum atomic E-state index is -0.970. The molecule has 2 aromatic rings. The number of aryl methyl sites for hydroxylation is 1. The largest absolute Gasteiger partial charge is 0.478 e. The Bertz CT molecular complexity index is 526.